The zero-order valence-corrected chi connectivity index (χ0v) is 19.0. The Morgan fingerprint density at radius 2 is 1.94 bits per heavy atom. The van der Waals surface area contributed by atoms with E-state index in [-0.39, 0.29) is 45.4 Å². The fraction of sp³-hybridized carbons (Fsp3) is 0.130. The number of hydrazone groups is 1. The van der Waals surface area contributed by atoms with Crippen molar-refractivity contribution in [2.24, 2.45) is 5.10 Å². The summed E-state index contributed by atoms with van der Waals surface area (Å²) in [6.45, 7) is 3.15. The lowest BCUT2D eigenvalue weighted by Crippen LogP contribution is -2.16. The Hall–Kier alpha value is -4.38. The number of nitrogens with one attached hydrogen (secondary N) is 1. The molecule has 0 spiro atoms. The van der Waals surface area contributed by atoms with Crippen LogP contribution in [0.4, 0.5) is 0 Å². The van der Waals surface area contributed by atoms with Gasteiger partial charge >= 0.3 is 11.9 Å². The number of nitrogens with zero attached hydrogens (tertiary/aromatic N) is 1. The van der Waals surface area contributed by atoms with E-state index in [1.807, 2.05) is 0 Å². The van der Waals surface area contributed by atoms with Gasteiger partial charge in [0, 0.05) is 5.56 Å². The first-order chi connectivity index (χ1) is 16.2. The van der Waals surface area contributed by atoms with Crippen molar-refractivity contribution in [3.63, 3.8) is 0 Å². The third kappa shape index (κ3) is 3.92. The lowest BCUT2D eigenvalue weighted by molar-refractivity contribution is 0.0685. The Balaban J connectivity index is 1.85. The first-order valence-corrected chi connectivity index (χ1v) is 10.7. The molecular formula is C23H18N2O8S. The summed E-state index contributed by atoms with van der Waals surface area (Å²) in [5, 5.41) is 25.9. The van der Waals surface area contributed by atoms with Gasteiger partial charge in [-0.3, -0.25) is 4.79 Å². The van der Waals surface area contributed by atoms with Gasteiger partial charge in [0.2, 0.25) is 0 Å². The summed E-state index contributed by atoms with van der Waals surface area (Å²) < 4.78 is 16.7. The van der Waals surface area contributed by atoms with Crippen molar-refractivity contribution in [2.45, 2.75) is 13.8 Å². The van der Waals surface area contributed by atoms with Crippen molar-refractivity contribution in [2.75, 3.05) is 7.11 Å². The number of thiophene rings is 1. The monoisotopic (exact) mass is 482 g/mol. The highest BCUT2D eigenvalue weighted by Crippen LogP contribution is 2.48. The number of aromatic hydroxyl groups is 1. The predicted molar refractivity (Wildman–Crippen MR) is 122 cm³/mol. The van der Waals surface area contributed by atoms with Crippen LogP contribution in [0.25, 0.3) is 0 Å². The molecule has 0 radical (unpaired) electrons. The number of carboxylic acid groups (broad SMARTS) is 1. The Morgan fingerprint density at radius 1 is 1.18 bits per heavy atom. The number of methoxy groups -OCH3 is 1. The second-order valence-corrected chi connectivity index (χ2v) is 8.16. The smallest absolute Gasteiger partial charge is 0.347 e. The Morgan fingerprint density at radius 3 is 2.59 bits per heavy atom. The Kier molecular flexibility index (Phi) is 5.95. The number of carbonyl (C=O) groups excluding carboxylic acids is 2. The summed E-state index contributed by atoms with van der Waals surface area (Å²) >= 11 is 1.22. The van der Waals surface area contributed by atoms with Crippen molar-refractivity contribution in [1.29, 1.82) is 0 Å². The van der Waals surface area contributed by atoms with E-state index in [2.05, 4.69) is 10.5 Å². The minimum Gasteiger partial charge on any atom is -0.507 e. The molecule has 10 nitrogen and oxygen atoms in total. The standard InChI is InChI=1S/C23H18N2O8S/c1-10-7-14(26)13(9-24-25-21(27)16-5-4-6-34-16)19-17(10)23(30)33-18-11(2)15(31-3)8-12(22(28)29)20(18)32-19/h4-9,26H,1-3H3,(H,25,27)(H,28,29). The van der Waals surface area contributed by atoms with Crippen molar-refractivity contribution < 1.29 is 38.8 Å². The molecule has 1 aliphatic heterocycles. The van der Waals surface area contributed by atoms with Gasteiger partial charge in [0.05, 0.1) is 23.8 Å². The van der Waals surface area contributed by atoms with Gasteiger partial charge in [-0.25, -0.2) is 15.0 Å². The second-order valence-electron chi connectivity index (χ2n) is 7.21. The van der Waals surface area contributed by atoms with E-state index in [9.17, 15) is 24.6 Å². The number of ether oxygens (including phenoxy) is 3. The fourth-order valence-corrected chi connectivity index (χ4v) is 4.05. The molecule has 0 saturated carbocycles. The average Bonchev–Trinajstić information content (AvgIpc) is 3.27. The van der Waals surface area contributed by atoms with E-state index >= 15 is 0 Å². The number of phenols is 1. The SMILES string of the molecule is COc1cc(C(=O)O)c2c(c1C)OC(=O)c1c(C)cc(O)c(C=NNC(=O)c3cccs3)c1O2. The van der Waals surface area contributed by atoms with Crippen molar-refractivity contribution in [1.82, 2.24) is 5.43 Å². The molecule has 3 aromatic rings. The molecule has 0 saturated heterocycles. The largest absolute Gasteiger partial charge is 0.507 e. The van der Waals surface area contributed by atoms with Crippen LogP contribution in [-0.2, 0) is 0 Å². The summed E-state index contributed by atoms with van der Waals surface area (Å²) in [5.74, 6) is -3.26. The molecule has 34 heavy (non-hydrogen) atoms. The van der Waals surface area contributed by atoms with E-state index in [0.29, 0.717) is 16.0 Å². The van der Waals surface area contributed by atoms with Crippen LogP contribution >= 0.6 is 11.3 Å². The number of hydrogen-bond donors (Lipinski definition) is 3. The zero-order valence-electron chi connectivity index (χ0n) is 18.2. The molecule has 0 bridgehead atoms. The van der Waals surface area contributed by atoms with Crippen LogP contribution in [0.2, 0.25) is 0 Å². The van der Waals surface area contributed by atoms with E-state index < -0.39 is 17.8 Å². The number of hydrogen-bond acceptors (Lipinski definition) is 9. The molecule has 1 aromatic heterocycles. The number of rotatable bonds is 5. The average molecular weight is 482 g/mol. The molecule has 0 fully saturated rings. The molecule has 3 N–H and O–H groups in total. The van der Waals surface area contributed by atoms with Crippen LogP contribution in [0, 0.1) is 13.8 Å². The molecule has 1 amide bonds. The third-order valence-electron chi connectivity index (χ3n) is 5.09. The number of fused-ring (bicyclic) bond motifs is 2. The fourth-order valence-electron chi connectivity index (χ4n) is 3.44. The van der Waals surface area contributed by atoms with Gasteiger partial charge in [-0.2, -0.15) is 5.10 Å². The molecule has 0 unspecified atom stereocenters. The molecule has 2 aromatic carbocycles. The van der Waals surface area contributed by atoms with Crippen molar-refractivity contribution in [3.05, 3.63) is 62.3 Å². The first-order valence-electron chi connectivity index (χ1n) is 9.81. The maximum Gasteiger partial charge on any atom is 0.347 e. The highest BCUT2D eigenvalue weighted by atomic mass is 32.1. The second kappa shape index (κ2) is 8.87. The zero-order chi connectivity index (χ0) is 24.6. The van der Waals surface area contributed by atoms with Crippen LogP contribution in [0.5, 0.6) is 28.7 Å². The van der Waals surface area contributed by atoms with E-state index in [4.69, 9.17) is 14.2 Å². The van der Waals surface area contributed by atoms with Crippen molar-refractivity contribution in [3.8, 4) is 28.7 Å². The van der Waals surface area contributed by atoms with Gasteiger partial charge in [0.15, 0.2) is 17.2 Å². The lowest BCUT2D eigenvalue weighted by Gasteiger charge is -2.16. The topological polar surface area (TPSA) is 144 Å². The molecule has 4 rings (SSSR count). The van der Waals surface area contributed by atoms with Gasteiger partial charge in [-0.15, -0.1) is 11.3 Å². The predicted octanol–water partition coefficient (Wildman–Crippen LogP) is 3.87. The van der Waals surface area contributed by atoms with Gasteiger partial charge in [0.25, 0.3) is 5.91 Å². The lowest BCUT2D eigenvalue weighted by atomic mass is 10.0. The van der Waals surface area contributed by atoms with E-state index in [1.54, 1.807) is 31.4 Å². The van der Waals surface area contributed by atoms with Gasteiger partial charge in [-0.05, 0) is 43.0 Å². The van der Waals surface area contributed by atoms with Crippen LogP contribution in [-0.4, -0.2) is 41.4 Å². The van der Waals surface area contributed by atoms with Crippen LogP contribution in [0.1, 0.15) is 47.1 Å². The number of esters is 1. The number of aryl methyl sites for hydroxylation is 1. The van der Waals surface area contributed by atoms with E-state index in [1.165, 1.54) is 30.6 Å². The van der Waals surface area contributed by atoms with Crippen LogP contribution in [0.3, 0.4) is 0 Å². The molecular weight excluding hydrogens is 464 g/mol. The highest BCUT2D eigenvalue weighted by molar-refractivity contribution is 7.12. The van der Waals surface area contributed by atoms with Crippen LogP contribution < -0.4 is 19.6 Å². The van der Waals surface area contributed by atoms with Gasteiger partial charge in [-0.1, -0.05) is 6.07 Å². The quantitative estimate of drug-likeness (QED) is 0.215. The number of aromatic carboxylic acids is 1. The summed E-state index contributed by atoms with van der Waals surface area (Å²) in [6, 6.07) is 5.89. The first kappa shape index (κ1) is 22.8. The number of phenolic OH excluding ortho intramolecular Hbond substituents is 1. The molecule has 1 aliphatic rings. The Labute approximate surface area is 197 Å². The van der Waals surface area contributed by atoms with E-state index in [0.717, 1.165) is 6.21 Å². The number of amides is 1. The molecule has 0 atom stereocenters. The maximum atomic E-state index is 13.0. The number of carboxylic acids is 1. The summed E-state index contributed by atoms with van der Waals surface area (Å²) in [4.78, 5) is 37.6. The summed E-state index contributed by atoms with van der Waals surface area (Å²) in [5.41, 5.74) is 2.61. The molecule has 0 aliphatic carbocycles. The number of carbonyl (C=O) groups is 3. The van der Waals surface area contributed by atoms with Crippen molar-refractivity contribution >= 4 is 35.4 Å². The summed E-state index contributed by atoms with van der Waals surface area (Å²) in [6.07, 6.45) is 1.11. The molecule has 2 heterocycles. The molecule has 11 heteroatoms. The Bertz CT molecular complexity index is 1360. The van der Waals surface area contributed by atoms with Crippen LogP contribution in [0.15, 0.2) is 34.7 Å². The highest BCUT2D eigenvalue weighted by Gasteiger charge is 2.33. The third-order valence-corrected chi connectivity index (χ3v) is 5.96. The summed E-state index contributed by atoms with van der Waals surface area (Å²) in [7, 11) is 1.36. The minimum atomic E-state index is -1.34. The van der Waals surface area contributed by atoms with Gasteiger partial charge in [0.1, 0.15) is 22.6 Å². The number of benzene rings is 2. The maximum absolute atomic E-state index is 13.0. The van der Waals surface area contributed by atoms with Gasteiger partial charge < -0.3 is 24.4 Å². The molecule has 174 valence electrons. The normalized spacial score (nSPS) is 12.3. The minimum absolute atomic E-state index is 0.0326.